The van der Waals surface area contributed by atoms with Crippen molar-refractivity contribution < 1.29 is 9.53 Å². The number of nitrogens with zero attached hydrogens (tertiary/aromatic N) is 2. The highest BCUT2D eigenvalue weighted by Gasteiger charge is 2.22. The molecule has 0 saturated carbocycles. The van der Waals surface area contributed by atoms with Gasteiger partial charge in [0.25, 0.3) is 0 Å². The molecule has 1 aromatic heterocycles. The van der Waals surface area contributed by atoms with Gasteiger partial charge in [-0.05, 0) is 45.6 Å². The van der Waals surface area contributed by atoms with Gasteiger partial charge in [0.1, 0.15) is 5.60 Å². The smallest absolute Gasteiger partial charge is 0.410 e. The number of ether oxygens (including phenoxy) is 1. The Hall–Kier alpha value is -1.03. The van der Waals surface area contributed by atoms with Crippen LogP contribution in [0.3, 0.4) is 0 Å². The molecule has 8 heteroatoms. The fourth-order valence-corrected chi connectivity index (χ4v) is 2.56. The van der Waals surface area contributed by atoms with Gasteiger partial charge < -0.3 is 20.3 Å². The second-order valence-electron chi connectivity index (χ2n) is 6.66. The highest BCUT2D eigenvalue weighted by Crippen LogP contribution is 2.11. The van der Waals surface area contributed by atoms with Crippen molar-refractivity contribution >= 4 is 47.4 Å². The number of halogens is 1. The maximum atomic E-state index is 12.0. The normalized spacial score (nSPS) is 12.8. The summed E-state index contributed by atoms with van der Waals surface area (Å²) >= 11 is 1.71. The molecule has 1 atom stereocenters. The summed E-state index contributed by atoms with van der Waals surface area (Å²) in [6.07, 6.45) is 0.505. The van der Waals surface area contributed by atoms with E-state index >= 15 is 0 Å². The minimum Gasteiger partial charge on any atom is -0.444 e. The highest BCUT2D eigenvalue weighted by atomic mass is 127. The van der Waals surface area contributed by atoms with E-state index in [0.717, 1.165) is 25.5 Å². The molecule has 0 aliphatic rings. The molecule has 0 fully saturated rings. The zero-order valence-corrected chi connectivity index (χ0v) is 19.1. The zero-order chi connectivity index (χ0) is 18.2. The summed E-state index contributed by atoms with van der Waals surface area (Å²) in [6, 6.07) is 4.19. The van der Waals surface area contributed by atoms with Crippen LogP contribution in [0.25, 0.3) is 0 Å². The third-order valence-electron chi connectivity index (χ3n) is 3.43. The number of carbonyl (C=O) groups is 1. The molecule has 1 heterocycles. The summed E-state index contributed by atoms with van der Waals surface area (Å²) in [5, 5.41) is 8.60. The lowest BCUT2D eigenvalue weighted by Crippen LogP contribution is -2.42. The lowest BCUT2D eigenvalue weighted by Gasteiger charge is -2.28. The first-order valence-electron chi connectivity index (χ1n) is 8.15. The predicted octanol–water partition coefficient (Wildman–Crippen LogP) is 3.68. The first-order valence-corrected chi connectivity index (χ1v) is 9.03. The molecule has 0 aliphatic heterocycles. The van der Waals surface area contributed by atoms with Crippen LogP contribution in [0, 0.1) is 0 Å². The van der Waals surface area contributed by atoms with Gasteiger partial charge in [0.2, 0.25) is 0 Å². The SMILES string of the molecule is CN=C(NCCC(C)N(C)C(=O)OC(C)(C)C)NCc1cccs1.I. The van der Waals surface area contributed by atoms with Gasteiger partial charge in [0.05, 0.1) is 6.54 Å². The van der Waals surface area contributed by atoms with Crippen molar-refractivity contribution in [1.82, 2.24) is 15.5 Å². The Morgan fingerprint density at radius 2 is 2.08 bits per heavy atom. The number of carbonyl (C=O) groups excluding carboxylic acids is 1. The van der Waals surface area contributed by atoms with E-state index in [9.17, 15) is 4.79 Å². The van der Waals surface area contributed by atoms with E-state index in [-0.39, 0.29) is 36.1 Å². The van der Waals surface area contributed by atoms with Crippen LogP contribution in [0.2, 0.25) is 0 Å². The summed E-state index contributed by atoms with van der Waals surface area (Å²) in [5.41, 5.74) is -0.475. The van der Waals surface area contributed by atoms with Crippen LogP contribution in [0.15, 0.2) is 22.5 Å². The predicted molar refractivity (Wildman–Crippen MR) is 116 cm³/mol. The van der Waals surface area contributed by atoms with Crippen molar-refractivity contribution in [2.75, 3.05) is 20.6 Å². The summed E-state index contributed by atoms with van der Waals surface area (Å²) in [5.74, 6) is 0.760. The van der Waals surface area contributed by atoms with E-state index in [0.29, 0.717) is 0 Å². The third-order valence-corrected chi connectivity index (χ3v) is 4.31. The molecule has 2 N–H and O–H groups in total. The zero-order valence-electron chi connectivity index (χ0n) is 16.0. The van der Waals surface area contributed by atoms with Gasteiger partial charge in [0, 0.05) is 31.6 Å². The topological polar surface area (TPSA) is 66.0 Å². The molecule has 1 rings (SSSR count). The van der Waals surface area contributed by atoms with Gasteiger partial charge >= 0.3 is 6.09 Å². The number of hydrogen-bond acceptors (Lipinski definition) is 4. The quantitative estimate of drug-likeness (QED) is 0.369. The van der Waals surface area contributed by atoms with Crippen LogP contribution in [0.4, 0.5) is 4.79 Å². The minimum absolute atomic E-state index is 0. The number of hydrogen-bond donors (Lipinski definition) is 2. The Balaban J connectivity index is 0.00000576. The van der Waals surface area contributed by atoms with E-state index in [1.54, 1.807) is 30.3 Å². The summed E-state index contributed by atoms with van der Waals surface area (Å²) in [4.78, 5) is 19.1. The second-order valence-corrected chi connectivity index (χ2v) is 7.69. The lowest BCUT2D eigenvalue weighted by molar-refractivity contribution is 0.0230. The van der Waals surface area contributed by atoms with Gasteiger partial charge in [-0.25, -0.2) is 4.79 Å². The molecule has 0 saturated heterocycles. The summed E-state index contributed by atoms with van der Waals surface area (Å²) in [6.45, 7) is 9.09. The van der Waals surface area contributed by atoms with Crippen molar-refractivity contribution in [2.24, 2.45) is 4.99 Å². The fourth-order valence-electron chi connectivity index (χ4n) is 1.91. The van der Waals surface area contributed by atoms with E-state index in [2.05, 4.69) is 27.1 Å². The van der Waals surface area contributed by atoms with Gasteiger partial charge in [-0.1, -0.05) is 6.07 Å². The molecule has 1 amide bonds. The number of nitrogens with one attached hydrogen (secondary N) is 2. The van der Waals surface area contributed by atoms with Crippen LogP contribution in [0.5, 0.6) is 0 Å². The van der Waals surface area contributed by atoms with Crippen LogP contribution >= 0.6 is 35.3 Å². The Kier molecular flexibility index (Phi) is 11.1. The molecular formula is C17H31IN4O2S. The van der Waals surface area contributed by atoms with Crippen molar-refractivity contribution in [3.05, 3.63) is 22.4 Å². The Labute approximate surface area is 172 Å². The first kappa shape index (κ1) is 24.0. The van der Waals surface area contributed by atoms with Crippen LogP contribution in [-0.4, -0.2) is 49.2 Å². The van der Waals surface area contributed by atoms with Gasteiger partial charge in [-0.15, -0.1) is 35.3 Å². The fraction of sp³-hybridized carbons (Fsp3) is 0.647. The van der Waals surface area contributed by atoms with Gasteiger partial charge in [-0.3, -0.25) is 4.99 Å². The number of thiophene rings is 1. The van der Waals surface area contributed by atoms with Crippen LogP contribution < -0.4 is 10.6 Å². The van der Waals surface area contributed by atoms with Crippen LogP contribution in [0.1, 0.15) is 39.0 Å². The number of amides is 1. The standard InChI is InChI=1S/C17H30N4O2S.HI/c1-13(21(6)16(22)23-17(2,3)4)9-10-19-15(18-5)20-12-14-8-7-11-24-14;/h7-8,11,13H,9-10,12H2,1-6H3,(H2,18,19,20);1H. The maximum absolute atomic E-state index is 12.0. The molecule has 0 radical (unpaired) electrons. The number of guanidine groups is 1. The molecule has 0 aromatic carbocycles. The molecular weight excluding hydrogens is 451 g/mol. The molecule has 25 heavy (non-hydrogen) atoms. The molecule has 0 bridgehead atoms. The minimum atomic E-state index is -0.475. The molecule has 0 aliphatic carbocycles. The molecule has 1 aromatic rings. The van der Waals surface area contributed by atoms with Gasteiger partial charge in [0.15, 0.2) is 5.96 Å². The monoisotopic (exact) mass is 482 g/mol. The highest BCUT2D eigenvalue weighted by molar-refractivity contribution is 14.0. The van der Waals surface area contributed by atoms with Crippen LogP contribution in [-0.2, 0) is 11.3 Å². The average Bonchev–Trinajstić information content (AvgIpc) is 3.01. The average molecular weight is 482 g/mol. The molecule has 6 nitrogen and oxygen atoms in total. The third kappa shape index (κ3) is 9.88. The molecule has 1 unspecified atom stereocenters. The number of rotatable bonds is 6. The van der Waals surface area contributed by atoms with E-state index in [4.69, 9.17) is 4.74 Å². The Morgan fingerprint density at radius 3 is 2.60 bits per heavy atom. The molecule has 144 valence electrons. The second kappa shape index (κ2) is 11.6. The van der Waals surface area contributed by atoms with Crippen molar-refractivity contribution in [3.8, 4) is 0 Å². The largest absolute Gasteiger partial charge is 0.444 e. The summed E-state index contributed by atoms with van der Waals surface area (Å²) in [7, 11) is 3.52. The summed E-state index contributed by atoms with van der Waals surface area (Å²) < 4.78 is 5.38. The Morgan fingerprint density at radius 1 is 1.40 bits per heavy atom. The van der Waals surface area contributed by atoms with Gasteiger partial charge in [-0.2, -0.15) is 0 Å². The van der Waals surface area contributed by atoms with Crippen molar-refractivity contribution in [2.45, 2.75) is 52.3 Å². The first-order chi connectivity index (χ1) is 11.2. The lowest BCUT2D eigenvalue weighted by atomic mass is 10.2. The van der Waals surface area contributed by atoms with E-state index in [1.807, 2.05) is 33.8 Å². The number of aliphatic imine (C=N–C) groups is 1. The maximum Gasteiger partial charge on any atom is 0.410 e. The molecule has 0 spiro atoms. The van der Waals surface area contributed by atoms with E-state index < -0.39 is 5.60 Å². The van der Waals surface area contributed by atoms with Crippen molar-refractivity contribution in [1.29, 1.82) is 0 Å². The van der Waals surface area contributed by atoms with Crippen molar-refractivity contribution in [3.63, 3.8) is 0 Å². The van der Waals surface area contributed by atoms with E-state index in [1.165, 1.54) is 4.88 Å². The Bertz CT molecular complexity index is 529.